The summed E-state index contributed by atoms with van der Waals surface area (Å²) < 4.78 is 0. The molecule has 0 unspecified atom stereocenters. The zero-order valence-electron chi connectivity index (χ0n) is 10.9. The molecule has 1 saturated carbocycles. The van der Waals surface area contributed by atoms with E-state index in [1.165, 1.54) is 0 Å². The molecule has 18 heavy (non-hydrogen) atoms. The van der Waals surface area contributed by atoms with Crippen molar-refractivity contribution in [3.63, 3.8) is 0 Å². The summed E-state index contributed by atoms with van der Waals surface area (Å²) in [5.74, 6) is 0.204. The number of aromatic nitrogens is 1. The minimum Gasteiger partial charge on any atom is -0.334 e. The van der Waals surface area contributed by atoms with Gasteiger partial charge in [-0.1, -0.05) is 13.0 Å². The minimum absolute atomic E-state index is 0.204. The molecule has 0 aliphatic heterocycles. The fraction of sp³-hybridized carbons (Fsp3) is 0.571. The summed E-state index contributed by atoms with van der Waals surface area (Å²) >= 11 is 0. The van der Waals surface area contributed by atoms with Gasteiger partial charge in [0, 0.05) is 25.0 Å². The Bertz CT molecular complexity index is 376. The topological polar surface area (TPSA) is 45.2 Å². The molecule has 1 aromatic rings. The molecule has 2 rings (SSSR count). The molecule has 0 bridgehead atoms. The van der Waals surface area contributed by atoms with Gasteiger partial charge in [-0.25, -0.2) is 0 Å². The van der Waals surface area contributed by atoms with Crippen LogP contribution < -0.4 is 5.32 Å². The molecule has 1 aliphatic carbocycles. The second-order valence-electron chi connectivity index (χ2n) is 4.79. The first kappa shape index (κ1) is 13.0. The molecule has 0 spiro atoms. The van der Waals surface area contributed by atoms with Crippen LogP contribution in [-0.4, -0.2) is 34.9 Å². The standard InChI is InChI=1S/C14H21N3O/c1-2-7-15-10-14(18)17(13-5-6-13)11-12-4-3-8-16-9-12/h3-4,8-9,13,15H,2,5-7,10-11H2,1H3. The van der Waals surface area contributed by atoms with Crippen LogP contribution in [0.1, 0.15) is 31.7 Å². The first-order valence-electron chi connectivity index (χ1n) is 6.70. The van der Waals surface area contributed by atoms with Crippen LogP contribution in [0.25, 0.3) is 0 Å². The number of nitrogens with one attached hydrogen (secondary N) is 1. The van der Waals surface area contributed by atoms with Gasteiger partial charge in [-0.05, 0) is 37.4 Å². The quantitative estimate of drug-likeness (QED) is 0.744. The van der Waals surface area contributed by atoms with Gasteiger partial charge in [-0.2, -0.15) is 0 Å². The zero-order valence-corrected chi connectivity index (χ0v) is 10.9. The highest BCUT2D eigenvalue weighted by molar-refractivity contribution is 5.78. The van der Waals surface area contributed by atoms with Gasteiger partial charge in [0.1, 0.15) is 0 Å². The van der Waals surface area contributed by atoms with Gasteiger partial charge in [0.25, 0.3) is 0 Å². The molecule has 0 aromatic carbocycles. The van der Waals surface area contributed by atoms with Crippen molar-refractivity contribution in [1.29, 1.82) is 0 Å². The summed E-state index contributed by atoms with van der Waals surface area (Å²) in [5, 5.41) is 3.18. The van der Waals surface area contributed by atoms with Crippen LogP contribution in [0.2, 0.25) is 0 Å². The van der Waals surface area contributed by atoms with E-state index in [0.717, 1.165) is 31.4 Å². The molecule has 0 atom stereocenters. The lowest BCUT2D eigenvalue weighted by Crippen LogP contribution is -2.39. The summed E-state index contributed by atoms with van der Waals surface area (Å²) in [5.41, 5.74) is 1.10. The van der Waals surface area contributed by atoms with Crippen molar-refractivity contribution in [3.05, 3.63) is 30.1 Å². The predicted molar refractivity (Wildman–Crippen MR) is 71.0 cm³/mol. The van der Waals surface area contributed by atoms with Crippen molar-refractivity contribution in [3.8, 4) is 0 Å². The minimum atomic E-state index is 0.204. The van der Waals surface area contributed by atoms with Crippen molar-refractivity contribution >= 4 is 5.91 Å². The highest BCUT2D eigenvalue weighted by atomic mass is 16.2. The maximum Gasteiger partial charge on any atom is 0.237 e. The van der Waals surface area contributed by atoms with E-state index in [-0.39, 0.29) is 5.91 Å². The predicted octanol–water partition coefficient (Wildman–Crippen LogP) is 1.57. The number of amides is 1. The Morgan fingerprint density at radius 3 is 3.00 bits per heavy atom. The van der Waals surface area contributed by atoms with Gasteiger partial charge in [-0.15, -0.1) is 0 Å². The van der Waals surface area contributed by atoms with Gasteiger partial charge in [0.05, 0.1) is 6.54 Å². The maximum atomic E-state index is 12.1. The van der Waals surface area contributed by atoms with Crippen LogP contribution in [0.4, 0.5) is 0 Å². The van der Waals surface area contributed by atoms with Crippen LogP contribution in [0, 0.1) is 0 Å². The van der Waals surface area contributed by atoms with Crippen LogP contribution in [0.5, 0.6) is 0 Å². The first-order valence-corrected chi connectivity index (χ1v) is 6.70. The Morgan fingerprint density at radius 1 is 1.56 bits per heavy atom. The van der Waals surface area contributed by atoms with Gasteiger partial charge in [0.2, 0.25) is 5.91 Å². The summed E-state index contributed by atoms with van der Waals surface area (Å²) in [7, 11) is 0. The summed E-state index contributed by atoms with van der Waals surface area (Å²) in [6, 6.07) is 4.39. The van der Waals surface area contributed by atoms with E-state index in [1.807, 2.05) is 23.2 Å². The monoisotopic (exact) mass is 247 g/mol. The largest absolute Gasteiger partial charge is 0.334 e. The Hall–Kier alpha value is -1.42. The highest BCUT2D eigenvalue weighted by Crippen LogP contribution is 2.28. The van der Waals surface area contributed by atoms with Gasteiger partial charge in [0.15, 0.2) is 0 Å². The van der Waals surface area contributed by atoms with Crippen molar-refractivity contribution in [2.75, 3.05) is 13.1 Å². The second kappa shape index (κ2) is 6.50. The van der Waals surface area contributed by atoms with Crippen LogP contribution >= 0.6 is 0 Å². The molecular formula is C14H21N3O. The van der Waals surface area contributed by atoms with E-state index in [9.17, 15) is 4.79 Å². The highest BCUT2D eigenvalue weighted by Gasteiger charge is 2.32. The molecule has 1 fully saturated rings. The van der Waals surface area contributed by atoms with Crippen molar-refractivity contribution in [1.82, 2.24) is 15.2 Å². The van der Waals surface area contributed by atoms with Crippen LogP contribution in [-0.2, 0) is 11.3 Å². The molecule has 1 N–H and O–H groups in total. The maximum absolute atomic E-state index is 12.1. The molecule has 1 aliphatic rings. The third-order valence-corrected chi connectivity index (χ3v) is 3.09. The average Bonchev–Trinajstić information content (AvgIpc) is 3.21. The lowest BCUT2D eigenvalue weighted by atomic mass is 10.2. The van der Waals surface area contributed by atoms with E-state index in [4.69, 9.17) is 0 Å². The third kappa shape index (κ3) is 3.81. The van der Waals surface area contributed by atoms with Crippen molar-refractivity contribution < 1.29 is 4.79 Å². The molecule has 1 aromatic heterocycles. The van der Waals surface area contributed by atoms with Gasteiger partial charge < -0.3 is 10.2 Å². The molecule has 1 heterocycles. The number of hydrogen-bond donors (Lipinski definition) is 1. The molecule has 0 saturated heterocycles. The first-order chi connectivity index (χ1) is 8.81. The number of hydrogen-bond acceptors (Lipinski definition) is 3. The van der Waals surface area contributed by atoms with Crippen LogP contribution in [0.15, 0.2) is 24.5 Å². The molecule has 0 radical (unpaired) electrons. The van der Waals surface area contributed by atoms with E-state index < -0.39 is 0 Å². The zero-order chi connectivity index (χ0) is 12.8. The Kier molecular flexibility index (Phi) is 4.70. The number of pyridine rings is 1. The number of carbonyl (C=O) groups is 1. The molecule has 98 valence electrons. The third-order valence-electron chi connectivity index (χ3n) is 3.09. The lowest BCUT2D eigenvalue weighted by Gasteiger charge is -2.22. The SMILES string of the molecule is CCCNCC(=O)N(Cc1cccnc1)C1CC1. The number of rotatable bonds is 7. The fourth-order valence-electron chi connectivity index (χ4n) is 1.97. The molecule has 1 amide bonds. The van der Waals surface area contributed by atoms with Crippen LogP contribution in [0.3, 0.4) is 0 Å². The van der Waals surface area contributed by atoms with E-state index in [1.54, 1.807) is 6.20 Å². The normalized spacial score (nSPS) is 14.5. The summed E-state index contributed by atoms with van der Waals surface area (Å²) in [6.45, 7) is 4.14. The number of nitrogens with zero attached hydrogens (tertiary/aromatic N) is 2. The van der Waals surface area contributed by atoms with E-state index in [2.05, 4.69) is 17.2 Å². The Balaban J connectivity index is 1.89. The molecule has 4 heteroatoms. The van der Waals surface area contributed by atoms with Crippen molar-refractivity contribution in [2.45, 2.75) is 38.8 Å². The van der Waals surface area contributed by atoms with Crippen molar-refractivity contribution in [2.24, 2.45) is 0 Å². The average molecular weight is 247 g/mol. The summed E-state index contributed by atoms with van der Waals surface area (Å²) in [6.07, 6.45) is 6.93. The van der Waals surface area contributed by atoms with E-state index >= 15 is 0 Å². The molecular weight excluding hydrogens is 226 g/mol. The fourth-order valence-corrected chi connectivity index (χ4v) is 1.97. The Labute approximate surface area is 108 Å². The Morgan fingerprint density at radius 2 is 2.39 bits per heavy atom. The van der Waals surface area contributed by atoms with Gasteiger partial charge >= 0.3 is 0 Å². The number of carbonyl (C=O) groups excluding carboxylic acids is 1. The molecule has 4 nitrogen and oxygen atoms in total. The lowest BCUT2D eigenvalue weighted by molar-refractivity contribution is -0.131. The second-order valence-corrected chi connectivity index (χ2v) is 4.79. The van der Waals surface area contributed by atoms with E-state index in [0.29, 0.717) is 19.1 Å². The van der Waals surface area contributed by atoms with Gasteiger partial charge in [-0.3, -0.25) is 9.78 Å². The smallest absolute Gasteiger partial charge is 0.237 e. The summed E-state index contributed by atoms with van der Waals surface area (Å²) in [4.78, 5) is 18.2.